The topological polar surface area (TPSA) is 0 Å². The van der Waals surface area contributed by atoms with E-state index in [2.05, 4.69) is 13.8 Å². The molecule has 0 nitrogen and oxygen atoms in total. The van der Waals surface area contributed by atoms with Gasteiger partial charge in [-0.3, -0.25) is 0 Å². The van der Waals surface area contributed by atoms with Gasteiger partial charge in [0.05, 0.1) is 0 Å². The van der Waals surface area contributed by atoms with Crippen LogP contribution >= 0.6 is 0 Å². The van der Waals surface area contributed by atoms with E-state index in [1.54, 1.807) is 25.7 Å². The maximum atomic E-state index is 2.36. The second kappa shape index (κ2) is 3.63. The van der Waals surface area contributed by atoms with E-state index >= 15 is 0 Å². The van der Waals surface area contributed by atoms with Crippen molar-refractivity contribution < 1.29 is 0 Å². The molecule has 0 radical (unpaired) electrons. The molecule has 1 atom stereocenters. The highest BCUT2D eigenvalue weighted by Gasteiger charge is 2.49. The van der Waals surface area contributed by atoms with Crippen molar-refractivity contribution in [2.45, 2.75) is 65.2 Å². The van der Waals surface area contributed by atoms with Crippen LogP contribution in [-0.2, 0) is 0 Å². The van der Waals surface area contributed by atoms with Crippen molar-refractivity contribution in [3.8, 4) is 0 Å². The molecule has 2 rings (SSSR count). The van der Waals surface area contributed by atoms with Crippen LogP contribution in [0, 0.1) is 17.3 Å². The van der Waals surface area contributed by atoms with Crippen LogP contribution in [0.4, 0.5) is 0 Å². The highest BCUT2D eigenvalue weighted by atomic mass is 14.5. The van der Waals surface area contributed by atoms with Crippen LogP contribution in [-0.4, -0.2) is 0 Å². The van der Waals surface area contributed by atoms with E-state index in [1.165, 1.54) is 25.7 Å². The van der Waals surface area contributed by atoms with Gasteiger partial charge in [0, 0.05) is 0 Å². The summed E-state index contributed by atoms with van der Waals surface area (Å²) in [6.07, 6.45) is 12.3. The Hall–Kier alpha value is 0. The van der Waals surface area contributed by atoms with Crippen LogP contribution < -0.4 is 0 Å². The van der Waals surface area contributed by atoms with Gasteiger partial charge in [-0.05, 0) is 49.4 Å². The number of hydrogen-bond donors (Lipinski definition) is 0. The summed E-state index contributed by atoms with van der Waals surface area (Å²) >= 11 is 0. The monoisotopic (exact) mass is 180 g/mol. The minimum atomic E-state index is 0.882. The lowest BCUT2D eigenvalue weighted by atomic mass is 9.73. The lowest BCUT2D eigenvalue weighted by Gasteiger charge is -2.32. The Labute approximate surface area is 83.1 Å². The van der Waals surface area contributed by atoms with Crippen LogP contribution in [0.25, 0.3) is 0 Å². The van der Waals surface area contributed by atoms with Crippen molar-refractivity contribution in [1.82, 2.24) is 0 Å². The summed E-state index contributed by atoms with van der Waals surface area (Å²) in [6.45, 7) is 4.73. The molecular weight excluding hydrogens is 156 g/mol. The lowest BCUT2D eigenvalue weighted by molar-refractivity contribution is 0.191. The van der Waals surface area contributed by atoms with Gasteiger partial charge >= 0.3 is 0 Å². The van der Waals surface area contributed by atoms with Gasteiger partial charge in [-0.15, -0.1) is 0 Å². The first kappa shape index (κ1) is 9.55. The Morgan fingerprint density at radius 1 is 1.15 bits per heavy atom. The Balaban J connectivity index is 1.82. The molecule has 0 aromatic rings. The van der Waals surface area contributed by atoms with Gasteiger partial charge in [0.15, 0.2) is 0 Å². The second-order valence-corrected chi connectivity index (χ2v) is 5.78. The molecule has 2 fully saturated rings. The zero-order valence-electron chi connectivity index (χ0n) is 9.31. The minimum absolute atomic E-state index is 0.882. The molecule has 0 amide bonds. The number of rotatable bonds is 3. The fraction of sp³-hybridized carbons (Fsp3) is 1.00. The molecule has 0 saturated heterocycles. The van der Waals surface area contributed by atoms with Crippen molar-refractivity contribution in [1.29, 1.82) is 0 Å². The Bertz CT molecular complexity index is 165. The summed E-state index contributed by atoms with van der Waals surface area (Å²) in [5.74, 6) is 2.03. The third kappa shape index (κ3) is 2.08. The van der Waals surface area contributed by atoms with E-state index in [0.717, 1.165) is 17.3 Å². The quantitative estimate of drug-likeness (QED) is 0.604. The summed E-state index contributed by atoms with van der Waals surface area (Å²) in [4.78, 5) is 0. The molecule has 0 aromatic carbocycles. The van der Waals surface area contributed by atoms with E-state index < -0.39 is 0 Å². The maximum absolute atomic E-state index is 2.36. The van der Waals surface area contributed by atoms with Crippen molar-refractivity contribution in [3.05, 3.63) is 0 Å². The van der Waals surface area contributed by atoms with Gasteiger partial charge in [-0.1, -0.05) is 33.1 Å². The van der Waals surface area contributed by atoms with E-state index in [0.29, 0.717) is 0 Å². The van der Waals surface area contributed by atoms with E-state index in [9.17, 15) is 0 Å². The molecule has 0 bridgehead atoms. The third-order valence-electron chi connectivity index (χ3n) is 4.33. The second-order valence-electron chi connectivity index (χ2n) is 5.78. The smallest absolute Gasteiger partial charge is 0.0269 e. The summed E-state index contributed by atoms with van der Waals surface area (Å²) in [5, 5.41) is 0. The van der Waals surface area contributed by atoms with Gasteiger partial charge in [0.2, 0.25) is 0 Å². The van der Waals surface area contributed by atoms with Crippen molar-refractivity contribution in [2.24, 2.45) is 17.3 Å². The maximum Gasteiger partial charge on any atom is -0.0269 e. The van der Waals surface area contributed by atoms with Crippen molar-refractivity contribution >= 4 is 0 Å². The molecule has 2 aliphatic carbocycles. The highest BCUT2D eigenvalue weighted by Crippen LogP contribution is 2.60. The normalized spacial score (nSPS) is 31.2. The molecule has 13 heavy (non-hydrogen) atoms. The third-order valence-corrected chi connectivity index (χ3v) is 4.33. The molecule has 0 aromatic heterocycles. The minimum Gasteiger partial charge on any atom is -0.0628 e. The standard InChI is InChI=1S/C13H24/c1-11(2)6-7-12-5-3-4-8-13(12)9-10-13/h11-12H,3-10H2,1-2H3. The summed E-state index contributed by atoms with van der Waals surface area (Å²) in [6, 6.07) is 0. The molecule has 0 heterocycles. The first-order valence-corrected chi connectivity index (χ1v) is 6.23. The summed E-state index contributed by atoms with van der Waals surface area (Å²) < 4.78 is 0. The molecular formula is C13H24. The average Bonchev–Trinajstić information content (AvgIpc) is 2.84. The SMILES string of the molecule is CC(C)CCC1CCCCC12CC2. The molecule has 0 heteroatoms. The van der Waals surface area contributed by atoms with Gasteiger partial charge in [-0.25, -0.2) is 0 Å². The van der Waals surface area contributed by atoms with Crippen LogP contribution in [0.15, 0.2) is 0 Å². The van der Waals surface area contributed by atoms with Gasteiger partial charge in [-0.2, -0.15) is 0 Å². The number of hydrogen-bond acceptors (Lipinski definition) is 0. The first-order chi connectivity index (χ1) is 6.23. The summed E-state index contributed by atoms with van der Waals surface area (Å²) in [5.41, 5.74) is 0.882. The van der Waals surface area contributed by atoms with E-state index in [4.69, 9.17) is 0 Å². The molecule has 2 aliphatic rings. The molecule has 0 N–H and O–H groups in total. The Morgan fingerprint density at radius 2 is 1.92 bits per heavy atom. The molecule has 76 valence electrons. The van der Waals surface area contributed by atoms with Crippen molar-refractivity contribution in [3.63, 3.8) is 0 Å². The molecule has 0 aliphatic heterocycles. The van der Waals surface area contributed by atoms with Gasteiger partial charge in [0.25, 0.3) is 0 Å². The van der Waals surface area contributed by atoms with Crippen LogP contribution in [0.5, 0.6) is 0 Å². The highest BCUT2D eigenvalue weighted by molar-refractivity contribution is 5.00. The van der Waals surface area contributed by atoms with Crippen LogP contribution in [0.1, 0.15) is 65.2 Å². The molecule has 1 spiro atoms. The van der Waals surface area contributed by atoms with Crippen molar-refractivity contribution in [2.75, 3.05) is 0 Å². The molecule has 2 saturated carbocycles. The van der Waals surface area contributed by atoms with Crippen LogP contribution in [0.3, 0.4) is 0 Å². The Kier molecular flexibility index (Phi) is 2.67. The summed E-state index contributed by atoms with van der Waals surface area (Å²) in [7, 11) is 0. The van der Waals surface area contributed by atoms with E-state index in [-0.39, 0.29) is 0 Å². The predicted molar refractivity (Wildman–Crippen MR) is 57.7 cm³/mol. The fourth-order valence-electron chi connectivity index (χ4n) is 3.18. The zero-order valence-corrected chi connectivity index (χ0v) is 9.31. The van der Waals surface area contributed by atoms with Gasteiger partial charge < -0.3 is 0 Å². The largest absolute Gasteiger partial charge is 0.0628 e. The Morgan fingerprint density at radius 3 is 2.54 bits per heavy atom. The molecule has 1 unspecified atom stereocenters. The van der Waals surface area contributed by atoms with Gasteiger partial charge in [0.1, 0.15) is 0 Å². The predicted octanol–water partition coefficient (Wildman–Crippen LogP) is 4.39. The van der Waals surface area contributed by atoms with Crippen LogP contribution in [0.2, 0.25) is 0 Å². The zero-order chi connectivity index (χ0) is 9.31. The fourth-order valence-corrected chi connectivity index (χ4v) is 3.18. The first-order valence-electron chi connectivity index (χ1n) is 6.23. The van der Waals surface area contributed by atoms with E-state index in [1.807, 2.05) is 0 Å². The average molecular weight is 180 g/mol. The lowest BCUT2D eigenvalue weighted by Crippen LogP contribution is -2.21.